The van der Waals surface area contributed by atoms with Gasteiger partial charge in [-0.05, 0) is 21.8 Å². The highest BCUT2D eigenvalue weighted by atomic mass is 79.9. The number of hydrogen-bond acceptors (Lipinski definition) is 2. The van der Waals surface area contributed by atoms with Gasteiger partial charge < -0.3 is 4.74 Å². The van der Waals surface area contributed by atoms with Gasteiger partial charge in [0.15, 0.2) is 0 Å². The highest BCUT2D eigenvalue weighted by Crippen LogP contribution is 2.21. The predicted molar refractivity (Wildman–Crippen MR) is 55.9 cm³/mol. The lowest BCUT2D eigenvalue weighted by Crippen LogP contribution is -2.10. The second kappa shape index (κ2) is 5.27. The summed E-state index contributed by atoms with van der Waals surface area (Å²) in [6, 6.07) is 0. The molecule has 1 aromatic heterocycles. The van der Waals surface area contributed by atoms with Crippen LogP contribution in [-0.2, 0) is 0 Å². The van der Waals surface area contributed by atoms with Crippen LogP contribution in [-0.4, -0.2) is 16.8 Å². The van der Waals surface area contributed by atoms with Crippen LogP contribution in [0.5, 0.6) is 5.88 Å². The molecule has 0 atom stereocenters. The van der Waals surface area contributed by atoms with Crippen molar-refractivity contribution in [2.45, 2.75) is 26.7 Å². The molecule has 0 bridgehead atoms. The Morgan fingerprint density at radius 3 is 2.69 bits per heavy atom. The second-order valence-corrected chi connectivity index (χ2v) is 3.89. The van der Waals surface area contributed by atoms with Crippen molar-refractivity contribution >= 4 is 15.9 Å². The van der Waals surface area contributed by atoms with Gasteiger partial charge in [0.25, 0.3) is 0 Å². The van der Waals surface area contributed by atoms with Crippen LogP contribution in [0, 0.1) is 5.92 Å². The van der Waals surface area contributed by atoms with E-state index in [2.05, 4.69) is 40.0 Å². The summed E-state index contributed by atoms with van der Waals surface area (Å²) in [5.74, 6) is 1.36. The maximum Gasteiger partial charge on any atom is 0.223 e. The maximum atomic E-state index is 5.56. The lowest BCUT2D eigenvalue weighted by molar-refractivity contribution is 0.231. The van der Waals surface area contributed by atoms with E-state index in [1.165, 1.54) is 0 Å². The van der Waals surface area contributed by atoms with E-state index in [4.69, 9.17) is 4.74 Å². The standard InChI is InChI=1S/C9H15BrN2O/c1-3-7(4-2)6-13-9-8(10)5-11-12-9/h5,7H,3-4,6H2,1-2H3,(H,11,12). The number of ether oxygens (including phenoxy) is 1. The first kappa shape index (κ1) is 10.6. The van der Waals surface area contributed by atoms with Crippen LogP contribution in [0.1, 0.15) is 26.7 Å². The molecule has 0 fully saturated rings. The van der Waals surface area contributed by atoms with Gasteiger partial charge in [0.1, 0.15) is 0 Å². The summed E-state index contributed by atoms with van der Waals surface area (Å²) in [4.78, 5) is 0. The zero-order valence-corrected chi connectivity index (χ0v) is 9.60. The highest BCUT2D eigenvalue weighted by molar-refractivity contribution is 9.10. The maximum absolute atomic E-state index is 5.56. The number of aromatic amines is 1. The Morgan fingerprint density at radius 1 is 1.54 bits per heavy atom. The minimum atomic E-state index is 0.634. The van der Waals surface area contributed by atoms with E-state index < -0.39 is 0 Å². The number of aromatic nitrogens is 2. The Hall–Kier alpha value is -0.510. The normalized spacial score (nSPS) is 10.8. The van der Waals surface area contributed by atoms with Crippen LogP contribution < -0.4 is 4.74 Å². The summed E-state index contributed by atoms with van der Waals surface area (Å²) in [5, 5.41) is 6.64. The summed E-state index contributed by atoms with van der Waals surface area (Å²) in [7, 11) is 0. The molecule has 13 heavy (non-hydrogen) atoms. The first-order chi connectivity index (χ1) is 6.27. The van der Waals surface area contributed by atoms with Crippen molar-refractivity contribution in [1.82, 2.24) is 10.2 Å². The summed E-state index contributed by atoms with van der Waals surface area (Å²) < 4.78 is 6.44. The number of halogens is 1. The molecule has 1 rings (SSSR count). The number of hydrogen-bond donors (Lipinski definition) is 1. The van der Waals surface area contributed by atoms with E-state index in [1.807, 2.05) is 0 Å². The van der Waals surface area contributed by atoms with Gasteiger partial charge in [-0.25, -0.2) is 5.10 Å². The van der Waals surface area contributed by atoms with Crippen molar-refractivity contribution in [3.8, 4) is 5.88 Å². The van der Waals surface area contributed by atoms with Crippen molar-refractivity contribution in [3.05, 3.63) is 10.7 Å². The number of nitrogens with one attached hydrogen (secondary N) is 1. The van der Waals surface area contributed by atoms with E-state index in [9.17, 15) is 0 Å². The van der Waals surface area contributed by atoms with Gasteiger partial charge in [-0.2, -0.15) is 5.10 Å². The summed E-state index contributed by atoms with van der Waals surface area (Å²) in [6.45, 7) is 5.12. The van der Waals surface area contributed by atoms with E-state index in [0.29, 0.717) is 5.92 Å². The van der Waals surface area contributed by atoms with E-state index in [-0.39, 0.29) is 0 Å². The zero-order valence-electron chi connectivity index (χ0n) is 8.01. The molecule has 0 aliphatic rings. The third-order valence-corrected chi connectivity index (χ3v) is 2.74. The van der Waals surface area contributed by atoms with E-state index in [0.717, 1.165) is 29.8 Å². The Kier molecular flexibility index (Phi) is 4.28. The van der Waals surface area contributed by atoms with Gasteiger partial charge in [-0.15, -0.1) is 0 Å². The lowest BCUT2D eigenvalue weighted by atomic mass is 10.1. The summed E-state index contributed by atoms with van der Waals surface area (Å²) in [5.41, 5.74) is 0. The first-order valence-corrected chi connectivity index (χ1v) is 5.38. The number of nitrogens with zero attached hydrogens (tertiary/aromatic N) is 1. The van der Waals surface area contributed by atoms with Crippen molar-refractivity contribution in [3.63, 3.8) is 0 Å². The highest BCUT2D eigenvalue weighted by Gasteiger charge is 2.07. The molecule has 1 N–H and O–H groups in total. The molecule has 0 radical (unpaired) electrons. The molecule has 0 spiro atoms. The molecule has 1 heterocycles. The molecule has 0 aliphatic heterocycles. The Balaban J connectivity index is 2.38. The second-order valence-electron chi connectivity index (χ2n) is 3.04. The molecular weight excluding hydrogens is 232 g/mol. The molecule has 4 heteroatoms. The topological polar surface area (TPSA) is 37.9 Å². The molecule has 1 aromatic rings. The van der Waals surface area contributed by atoms with Gasteiger partial charge >= 0.3 is 0 Å². The Labute approximate surface area is 87.0 Å². The van der Waals surface area contributed by atoms with Gasteiger partial charge in [0, 0.05) is 0 Å². The minimum absolute atomic E-state index is 0.634. The quantitative estimate of drug-likeness (QED) is 0.868. The van der Waals surface area contributed by atoms with E-state index in [1.54, 1.807) is 6.20 Å². The van der Waals surface area contributed by atoms with Crippen LogP contribution in [0.3, 0.4) is 0 Å². The van der Waals surface area contributed by atoms with Gasteiger partial charge in [0.2, 0.25) is 5.88 Å². The largest absolute Gasteiger partial charge is 0.477 e. The molecule has 74 valence electrons. The summed E-state index contributed by atoms with van der Waals surface area (Å²) >= 11 is 3.34. The van der Waals surface area contributed by atoms with Crippen LogP contribution >= 0.6 is 15.9 Å². The van der Waals surface area contributed by atoms with Crippen LogP contribution in [0.2, 0.25) is 0 Å². The zero-order chi connectivity index (χ0) is 9.68. The van der Waals surface area contributed by atoms with E-state index >= 15 is 0 Å². The summed E-state index contributed by atoms with van der Waals surface area (Å²) in [6.07, 6.45) is 4.01. The van der Waals surface area contributed by atoms with Crippen LogP contribution in [0.4, 0.5) is 0 Å². The monoisotopic (exact) mass is 246 g/mol. The Morgan fingerprint density at radius 2 is 2.23 bits per heavy atom. The lowest BCUT2D eigenvalue weighted by Gasteiger charge is -2.12. The van der Waals surface area contributed by atoms with Crippen molar-refractivity contribution in [2.75, 3.05) is 6.61 Å². The molecule has 0 aromatic carbocycles. The fraction of sp³-hybridized carbons (Fsp3) is 0.667. The first-order valence-electron chi connectivity index (χ1n) is 4.59. The molecule has 0 unspecified atom stereocenters. The number of H-pyrrole nitrogens is 1. The molecule has 0 saturated heterocycles. The minimum Gasteiger partial charge on any atom is -0.477 e. The Bertz CT molecular complexity index is 246. The van der Waals surface area contributed by atoms with Crippen LogP contribution in [0.25, 0.3) is 0 Å². The smallest absolute Gasteiger partial charge is 0.223 e. The van der Waals surface area contributed by atoms with Gasteiger partial charge in [-0.3, -0.25) is 0 Å². The van der Waals surface area contributed by atoms with Crippen molar-refractivity contribution < 1.29 is 4.74 Å². The molecule has 0 amide bonds. The van der Waals surface area contributed by atoms with Crippen molar-refractivity contribution in [1.29, 1.82) is 0 Å². The van der Waals surface area contributed by atoms with Gasteiger partial charge in [0.05, 0.1) is 17.3 Å². The fourth-order valence-corrected chi connectivity index (χ4v) is 1.39. The third kappa shape index (κ3) is 3.03. The molecule has 3 nitrogen and oxygen atoms in total. The van der Waals surface area contributed by atoms with Crippen LogP contribution in [0.15, 0.2) is 10.7 Å². The van der Waals surface area contributed by atoms with Crippen molar-refractivity contribution in [2.24, 2.45) is 5.92 Å². The molecular formula is C9H15BrN2O. The number of rotatable bonds is 5. The third-order valence-electron chi connectivity index (χ3n) is 2.18. The molecule has 0 aliphatic carbocycles. The SMILES string of the molecule is CCC(CC)COc1[nH]ncc1Br. The average Bonchev–Trinajstić information content (AvgIpc) is 2.54. The predicted octanol–water partition coefficient (Wildman–Crippen LogP) is 2.99. The van der Waals surface area contributed by atoms with Gasteiger partial charge in [-0.1, -0.05) is 26.7 Å². The fourth-order valence-electron chi connectivity index (χ4n) is 1.09. The average molecular weight is 247 g/mol. The molecule has 0 saturated carbocycles.